The summed E-state index contributed by atoms with van der Waals surface area (Å²) in [5.41, 5.74) is 7.83. The number of rotatable bonds is 4. The molecule has 3 nitrogen and oxygen atoms in total. The van der Waals surface area contributed by atoms with E-state index in [0.717, 1.165) is 6.42 Å². The molecule has 0 fully saturated rings. The molecule has 0 atom stereocenters. The van der Waals surface area contributed by atoms with Crippen molar-refractivity contribution in [2.45, 2.75) is 6.42 Å². The molecule has 94 valence electrons. The summed E-state index contributed by atoms with van der Waals surface area (Å²) in [6.45, 7) is 0.609. The van der Waals surface area contributed by atoms with Crippen molar-refractivity contribution in [1.29, 1.82) is 0 Å². The highest BCUT2D eigenvalue weighted by molar-refractivity contribution is 7.07. The van der Waals surface area contributed by atoms with Gasteiger partial charge in [0.25, 0.3) is 5.91 Å². The number of amides is 1. The van der Waals surface area contributed by atoms with E-state index in [0.29, 0.717) is 22.8 Å². The van der Waals surface area contributed by atoms with Crippen LogP contribution in [0.1, 0.15) is 15.9 Å². The van der Waals surface area contributed by atoms with Crippen molar-refractivity contribution in [2.24, 2.45) is 0 Å². The van der Waals surface area contributed by atoms with Crippen LogP contribution in [-0.4, -0.2) is 12.5 Å². The van der Waals surface area contributed by atoms with Crippen LogP contribution in [0.25, 0.3) is 0 Å². The molecule has 0 unspecified atom stereocenters. The molecule has 3 N–H and O–H groups in total. The minimum absolute atomic E-state index is 0.132. The SMILES string of the molecule is Nc1ccc(C(=O)NCCc2ccsc2)cc1Cl. The molecule has 0 spiro atoms. The summed E-state index contributed by atoms with van der Waals surface area (Å²) >= 11 is 7.52. The van der Waals surface area contributed by atoms with Crippen LogP contribution in [0.3, 0.4) is 0 Å². The number of nitrogen functional groups attached to an aromatic ring is 1. The van der Waals surface area contributed by atoms with E-state index in [-0.39, 0.29) is 5.91 Å². The lowest BCUT2D eigenvalue weighted by Gasteiger charge is -2.05. The van der Waals surface area contributed by atoms with Gasteiger partial charge in [-0.25, -0.2) is 0 Å². The first-order chi connectivity index (χ1) is 8.66. The minimum atomic E-state index is -0.132. The average molecular weight is 281 g/mol. The number of nitrogens with two attached hydrogens (primary N) is 1. The molecule has 5 heteroatoms. The molecule has 0 saturated heterocycles. The van der Waals surface area contributed by atoms with Gasteiger partial charge in [-0.3, -0.25) is 4.79 Å². The number of carbonyl (C=O) groups is 1. The number of hydrogen-bond acceptors (Lipinski definition) is 3. The van der Waals surface area contributed by atoms with Crippen LogP contribution in [0.5, 0.6) is 0 Å². The van der Waals surface area contributed by atoms with E-state index in [9.17, 15) is 4.79 Å². The van der Waals surface area contributed by atoms with Gasteiger partial charge in [0.15, 0.2) is 0 Å². The number of anilines is 1. The standard InChI is InChI=1S/C13H13ClN2OS/c14-11-7-10(1-2-12(11)15)13(17)16-5-3-9-4-6-18-8-9/h1-2,4,6-8H,3,5,15H2,(H,16,17). The summed E-state index contributed by atoms with van der Waals surface area (Å²) in [4.78, 5) is 11.8. The Morgan fingerprint density at radius 3 is 2.89 bits per heavy atom. The van der Waals surface area contributed by atoms with Crippen molar-refractivity contribution in [3.05, 3.63) is 51.2 Å². The molecule has 0 saturated carbocycles. The fourth-order valence-electron chi connectivity index (χ4n) is 1.53. The zero-order chi connectivity index (χ0) is 13.0. The topological polar surface area (TPSA) is 55.1 Å². The Kier molecular flexibility index (Phi) is 4.23. The number of nitrogens with one attached hydrogen (secondary N) is 1. The monoisotopic (exact) mass is 280 g/mol. The zero-order valence-electron chi connectivity index (χ0n) is 9.65. The van der Waals surface area contributed by atoms with E-state index < -0.39 is 0 Å². The van der Waals surface area contributed by atoms with Gasteiger partial charge in [0.1, 0.15) is 0 Å². The van der Waals surface area contributed by atoms with Crippen molar-refractivity contribution in [3.8, 4) is 0 Å². The molecule has 1 heterocycles. The Morgan fingerprint density at radius 2 is 2.22 bits per heavy atom. The van der Waals surface area contributed by atoms with Gasteiger partial charge in [0, 0.05) is 12.1 Å². The fourth-order valence-corrected chi connectivity index (χ4v) is 2.41. The first-order valence-corrected chi connectivity index (χ1v) is 6.83. The Morgan fingerprint density at radius 1 is 1.39 bits per heavy atom. The summed E-state index contributed by atoms with van der Waals surface area (Å²) in [6, 6.07) is 6.94. The molecule has 0 bridgehead atoms. The van der Waals surface area contributed by atoms with Gasteiger partial charge in [-0.05, 0) is 47.0 Å². The van der Waals surface area contributed by atoms with E-state index in [1.54, 1.807) is 29.5 Å². The number of benzene rings is 1. The zero-order valence-corrected chi connectivity index (χ0v) is 11.2. The van der Waals surface area contributed by atoms with E-state index in [1.165, 1.54) is 5.56 Å². The van der Waals surface area contributed by atoms with Gasteiger partial charge in [-0.15, -0.1) is 0 Å². The quantitative estimate of drug-likeness (QED) is 0.846. The first-order valence-electron chi connectivity index (χ1n) is 5.51. The summed E-state index contributed by atoms with van der Waals surface area (Å²) in [5.74, 6) is -0.132. The molecule has 0 aliphatic heterocycles. The molecule has 2 aromatic rings. The third kappa shape index (κ3) is 3.24. The Bertz CT molecular complexity index is 540. The smallest absolute Gasteiger partial charge is 0.251 e. The lowest BCUT2D eigenvalue weighted by Crippen LogP contribution is -2.25. The van der Waals surface area contributed by atoms with Gasteiger partial charge in [-0.1, -0.05) is 11.6 Å². The Hall–Kier alpha value is -1.52. The van der Waals surface area contributed by atoms with Gasteiger partial charge >= 0.3 is 0 Å². The largest absolute Gasteiger partial charge is 0.398 e. The number of thiophene rings is 1. The molecular weight excluding hydrogens is 268 g/mol. The third-order valence-electron chi connectivity index (χ3n) is 2.54. The molecule has 1 aromatic heterocycles. The van der Waals surface area contributed by atoms with Crippen molar-refractivity contribution >= 4 is 34.5 Å². The number of carbonyl (C=O) groups excluding carboxylic acids is 1. The molecule has 0 aliphatic carbocycles. The highest BCUT2D eigenvalue weighted by atomic mass is 35.5. The predicted molar refractivity (Wildman–Crippen MR) is 76.2 cm³/mol. The highest BCUT2D eigenvalue weighted by Gasteiger charge is 2.07. The lowest BCUT2D eigenvalue weighted by atomic mass is 10.2. The van der Waals surface area contributed by atoms with E-state index >= 15 is 0 Å². The van der Waals surface area contributed by atoms with Crippen molar-refractivity contribution in [1.82, 2.24) is 5.32 Å². The number of hydrogen-bond donors (Lipinski definition) is 2. The highest BCUT2D eigenvalue weighted by Crippen LogP contribution is 2.19. The summed E-state index contributed by atoms with van der Waals surface area (Å²) in [6.07, 6.45) is 0.831. The molecule has 1 amide bonds. The normalized spacial score (nSPS) is 10.3. The summed E-state index contributed by atoms with van der Waals surface area (Å²) < 4.78 is 0. The number of halogens is 1. The van der Waals surface area contributed by atoms with Crippen molar-refractivity contribution in [2.75, 3.05) is 12.3 Å². The maximum absolute atomic E-state index is 11.8. The van der Waals surface area contributed by atoms with Crippen LogP contribution in [0.4, 0.5) is 5.69 Å². The molecule has 1 aromatic carbocycles. The molecule has 18 heavy (non-hydrogen) atoms. The van der Waals surface area contributed by atoms with Crippen LogP contribution in [0.2, 0.25) is 5.02 Å². The van der Waals surface area contributed by atoms with Crippen molar-refractivity contribution < 1.29 is 4.79 Å². The minimum Gasteiger partial charge on any atom is -0.398 e. The van der Waals surface area contributed by atoms with Gasteiger partial charge in [0.2, 0.25) is 0 Å². The third-order valence-corrected chi connectivity index (χ3v) is 3.60. The lowest BCUT2D eigenvalue weighted by molar-refractivity contribution is 0.0954. The average Bonchev–Trinajstić information content (AvgIpc) is 2.85. The second-order valence-corrected chi connectivity index (χ2v) is 5.06. The van der Waals surface area contributed by atoms with Crippen LogP contribution in [0.15, 0.2) is 35.0 Å². The Labute approximate surface area is 115 Å². The van der Waals surface area contributed by atoms with Crippen molar-refractivity contribution in [3.63, 3.8) is 0 Å². The maximum Gasteiger partial charge on any atom is 0.251 e. The predicted octanol–water partition coefficient (Wildman–Crippen LogP) is 2.96. The van der Waals surface area contributed by atoms with Gasteiger partial charge < -0.3 is 11.1 Å². The summed E-state index contributed by atoms with van der Waals surface area (Å²) in [5, 5.41) is 7.35. The summed E-state index contributed by atoms with van der Waals surface area (Å²) in [7, 11) is 0. The van der Waals surface area contributed by atoms with Crippen LogP contribution in [-0.2, 0) is 6.42 Å². The molecule has 2 rings (SSSR count). The van der Waals surface area contributed by atoms with Gasteiger partial charge in [0.05, 0.1) is 10.7 Å². The molecule has 0 aliphatic rings. The fraction of sp³-hybridized carbons (Fsp3) is 0.154. The van der Waals surface area contributed by atoms with Crippen LogP contribution < -0.4 is 11.1 Å². The van der Waals surface area contributed by atoms with Crippen LogP contribution >= 0.6 is 22.9 Å². The Balaban J connectivity index is 1.89. The van der Waals surface area contributed by atoms with Gasteiger partial charge in [-0.2, -0.15) is 11.3 Å². The first kappa shape index (κ1) is 12.9. The van der Waals surface area contributed by atoms with E-state index in [4.69, 9.17) is 17.3 Å². The van der Waals surface area contributed by atoms with E-state index in [2.05, 4.69) is 16.8 Å². The second-order valence-electron chi connectivity index (χ2n) is 3.87. The maximum atomic E-state index is 11.8. The molecule has 0 radical (unpaired) electrons. The molecular formula is C13H13ClN2OS. The van der Waals surface area contributed by atoms with E-state index in [1.807, 2.05) is 5.38 Å². The second kappa shape index (κ2) is 5.89. The van der Waals surface area contributed by atoms with Crippen LogP contribution in [0, 0.1) is 0 Å².